The second-order valence-corrected chi connectivity index (χ2v) is 5.05. The van der Waals surface area contributed by atoms with E-state index in [9.17, 15) is 4.79 Å². The van der Waals surface area contributed by atoms with Crippen LogP contribution in [0.2, 0.25) is 0 Å². The van der Waals surface area contributed by atoms with Crippen molar-refractivity contribution in [3.63, 3.8) is 0 Å². The monoisotopic (exact) mass is 278 g/mol. The standard InChI is InChI=1S/C14H18N2O2S/c1-2-16(7-5-13(15)19)14(17)11-3-4-12-10(9-11)6-8-18-12/h3-4,9H,2,5-8H2,1H3,(H2,15,19). The van der Waals surface area contributed by atoms with Gasteiger partial charge in [-0.25, -0.2) is 0 Å². The summed E-state index contributed by atoms with van der Waals surface area (Å²) in [7, 11) is 0. The smallest absolute Gasteiger partial charge is 0.253 e. The molecule has 1 aromatic carbocycles. The van der Waals surface area contributed by atoms with E-state index in [1.807, 2.05) is 25.1 Å². The Morgan fingerprint density at radius 3 is 3.00 bits per heavy atom. The van der Waals surface area contributed by atoms with Gasteiger partial charge in [0.2, 0.25) is 0 Å². The Labute approximate surface area is 118 Å². The molecule has 102 valence electrons. The van der Waals surface area contributed by atoms with Crippen molar-refractivity contribution >= 4 is 23.1 Å². The van der Waals surface area contributed by atoms with E-state index in [1.54, 1.807) is 4.90 Å². The summed E-state index contributed by atoms with van der Waals surface area (Å²) >= 11 is 4.85. The lowest BCUT2D eigenvalue weighted by molar-refractivity contribution is 0.0769. The molecule has 2 N–H and O–H groups in total. The summed E-state index contributed by atoms with van der Waals surface area (Å²) in [5.74, 6) is 0.913. The molecule has 0 aromatic heterocycles. The highest BCUT2D eigenvalue weighted by Gasteiger charge is 2.18. The van der Waals surface area contributed by atoms with Crippen LogP contribution in [0, 0.1) is 0 Å². The quantitative estimate of drug-likeness (QED) is 0.834. The SMILES string of the molecule is CCN(CCC(N)=S)C(=O)c1ccc2c(c1)CCO2. The molecule has 1 amide bonds. The summed E-state index contributed by atoms with van der Waals surface area (Å²) in [5.41, 5.74) is 7.30. The molecule has 0 bridgehead atoms. The van der Waals surface area contributed by atoms with Crippen LogP contribution in [-0.2, 0) is 6.42 Å². The summed E-state index contributed by atoms with van der Waals surface area (Å²) in [6, 6.07) is 5.61. The summed E-state index contributed by atoms with van der Waals surface area (Å²) in [6.07, 6.45) is 1.43. The van der Waals surface area contributed by atoms with E-state index >= 15 is 0 Å². The highest BCUT2D eigenvalue weighted by molar-refractivity contribution is 7.80. The van der Waals surface area contributed by atoms with Crippen LogP contribution in [0.1, 0.15) is 29.3 Å². The van der Waals surface area contributed by atoms with Crippen LogP contribution in [0.5, 0.6) is 5.75 Å². The average molecular weight is 278 g/mol. The second-order valence-electron chi connectivity index (χ2n) is 4.52. The lowest BCUT2D eigenvalue weighted by Crippen LogP contribution is -2.33. The van der Waals surface area contributed by atoms with Crippen LogP contribution in [-0.4, -0.2) is 35.5 Å². The number of carbonyl (C=O) groups is 1. The number of benzene rings is 1. The van der Waals surface area contributed by atoms with Crippen LogP contribution in [0.4, 0.5) is 0 Å². The van der Waals surface area contributed by atoms with E-state index in [2.05, 4.69) is 0 Å². The normalized spacial score (nSPS) is 12.7. The fourth-order valence-electron chi connectivity index (χ4n) is 2.15. The largest absolute Gasteiger partial charge is 0.493 e. The number of amides is 1. The minimum Gasteiger partial charge on any atom is -0.493 e. The molecule has 2 rings (SSSR count). The number of ether oxygens (including phenoxy) is 1. The van der Waals surface area contributed by atoms with Gasteiger partial charge in [0.25, 0.3) is 5.91 Å². The topological polar surface area (TPSA) is 55.6 Å². The van der Waals surface area contributed by atoms with Crippen molar-refractivity contribution in [2.75, 3.05) is 19.7 Å². The van der Waals surface area contributed by atoms with Gasteiger partial charge in [-0.15, -0.1) is 0 Å². The minimum absolute atomic E-state index is 0.0217. The van der Waals surface area contributed by atoms with Crippen molar-refractivity contribution in [3.05, 3.63) is 29.3 Å². The molecule has 0 spiro atoms. The molecular weight excluding hydrogens is 260 g/mol. The number of fused-ring (bicyclic) bond motifs is 1. The number of nitrogens with two attached hydrogens (primary N) is 1. The van der Waals surface area contributed by atoms with Crippen LogP contribution >= 0.6 is 12.2 Å². The second kappa shape index (κ2) is 6.02. The number of thiocarbonyl (C=S) groups is 1. The van der Waals surface area contributed by atoms with Crippen LogP contribution in [0.25, 0.3) is 0 Å². The summed E-state index contributed by atoms with van der Waals surface area (Å²) in [5, 5.41) is 0. The Hall–Kier alpha value is -1.62. The van der Waals surface area contributed by atoms with Crippen molar-refractivity contribution in [3.8, 4) is 5.75 Å². The van der Waals surface area contributed by atoms with Gasteiger partial charge in [0, 0.05) is 31.5 Å². The predicted molar refractivity (Wildman–Crippen MR) is 78.6 cm³/mol. The molecule has 5 heteroatoms. The molecule has 0 radical (unpaired) electrons. The van der Waals surface area contributed by atoms with E-state index in [1.165, 1.54) is 0 Å². The first kappa shape index (κ1) is 13.8. The maximum atomic E-state index is 12.4. The first-order valence-electron chi connectivity index (χ1n) is 6.45. The molecular formula is C14H18N2O2S. The number of nitrogens with zero attached hydrogens (tertiary/aromatic N) is 1. The third-order valence-electron chi connectivity index (χ3n) is 3.23. The number of hydrogen-bond acceptors (Lipinski definition) is 3. The van der Waals surface area contributed by atoms with Gasteiger partial charge in [0.05, 0.1) is 11.6 Å². The van der Waals surface area contributed by atoms with E-state index in [-0.39, 0.29) is 5.91 Å². The lowest BCUT2D eigenvalue weighted by Gasteiger charge is -2.20. The van der Waals surface area contributed by atoms with Gasteiger partial charge in [0.1, 0.15) is 5.75 Å². The zero-order valence-electron chi connectivity index (χ0n) is 11.0. The Balaban J connectivity index is 2.11. The molecule has 4 nitrogen and oxygen atoms in total. The zero-order valence-corrected chi connectivity index (χ0v) is 11.8. The van der Waals surface area contributed by atoms with Gasteiger partial charge in [-0.2, -0.15) is 0 Å². The first-order chi connectivity index (χ1) is 9.11. The van der Waals surface area contributed by atoms with Gasteiger partial charge in [0.15, 0.2) is 0 Å². The third-order valence-corrected chi connectivity index (χ3v) is 3.44. The average Bonchev–Trinajstić information content (AvgIpc) is 2.85. The molecule has 0 aliphatic carbocycles. The molecule has 0 unspecified atom stereocenters. The number of rotatable bonds is 5. The van der Waals surface area contributed by atoms with Crippen LogP contribution in [0.3, 0.4) is 0 Å². The first-order valence-corrected chi connectivity index (χ1v) is 6.86. The molecule has 1 aromatic rings. The summed E-state index contributed by atoms with van der Waals surface area (Å²) in [4.78, 5) is 14.6. The molecule has 0 fully saturated rings. The van der Waals surface area contributed by atoms with Crippen molar-refractivity contribution < 1.29 is 9.53 Å². The predicted octanol–water partition coefficient (Wildman–Crippen LogP) is 1.76. The lowest BCUT2D eigenvalue weighted by atomic mass is 10.1. The van der Waals surface area contributed by atoms with Gasteiger partial charge in [-0.1, -0.05) is 12.2 Å². The van der Waals surface area contributed by atoms with Crippen molar-refractivity contribution in [2.24, 2.45) is 5.73 Å². The highest BCUT2D eigenvalue weighted by Crippen LogP contribution is 2.26. The number of hydrogen-bond donors (Lipinski definition) is 1. The summed E-state index contributed by atoms with van der Waals surface area (Å²) in [6.45, 7) is 3.87. The molecule has 1 aliphatic rings. The van der Waals surface area contributed by atoms with Crippen molar-refractivity contribution in [1.29, 1.82) is 0 Å². The van der Waals surface area contributed by atoms with E-state index < -0.39 is 0 Å². The van der Waals surface area contributed by atoms with E-state index in [0.29, 0.717) is 36.7 Å². The molecule has 1 heterocycles. The molecule has 19 heavy (non-hydrogen) atoms. The molecule has 0 saturated carbocycles. The fraction of sp³-hybridized carbons (Fsp3) is 0.429. The Bertz CT molecular complexity index is 502. The van der Waals surface area contributed by atoms with Gasteiger partial charge >= 0.3 is 0 Å². The van der Waals surface area contributed by atoms with Gasteiger partial charge in [-0.3, -0.25) is 4.79 Å². The Kier molecular flexibility index (Phi) is 4.37. The highest BCUT2D eigenvalue weighted by atomic mass is 32.1. The van der Waals surface area contributed by atoms with E-state index in [0.717, 1.165) is 17.7 Å². The Morgan fingerprint density at radius 2 is 2.32 bits per heavy atom. The molecule has 1 aliphatic heterocycles. The van der Waals surface area contributed by atoms with Gasteiger partial charge in [-0.05, 0) is 30.7 Å². The third kappa shape index (κ3) is 3.23. The van der Waals surface area contributed by atoms with Gasteiger partial charge < -0.3 is 15.4 Å². The number of carbonyl (C=O) groups excluding carboxylic acids is 1. The maximum absolute atomic E-state index is 12.4. The van der Waals surface area contributed by atoms with E-state index in [4.69, 9.17) is 22.7 Å². The minimum atomic E-state index is 0.0217. The molecule has 0 atom stereocenters. The summed E-state index contributed by atoms with van der Waals surface area (Å²) < 4.78 is 5.44. The zero-order chi connectivity index (χ0) is 13.8. The molecule has 0 saturated heterocycles. The van der Waals surface area contributed by atoms with Crippen molar-refractivity contribution in [2.45, 2.75) is 19.8 Å². The fourth-order valence-corrected chi connectivity index (χ4v) is 2.24. The Morgan fingerprint density at radius 1 is 1.53 bits per heavy atom. The maximum Gasteiger partial charge on any atom is 0.253 e. The van der Waals surface area contributed by atoms with Crippen molar-refractivity contribution in [1.82, 2.24) is 4.90 Å². The van der Waals surface area contributed by atoms with Crippen LogP contribution in [0.15, 0.2) is 18.2 Å². The van der Waals surface area contributed by atoms with Crippen LogP contribution < -0.4 is 10.5 Å².